The van der Waals surface area contributed by atoms with Gasteiger partial charge in [0.15, 0.2) is 0 Å². The Labute approximate surface area is 117 Å². The molecule has 3 heteroatoms. The van der Waals surface area contributed by atoms with Crippen LogP contribution in [0.3, 0.4) is 0 Å². The van der Waals surface area contributed by atoms with Crippen molar-refractivity contribution in [2.24, 2.45) is 5.92 Å². The quantitative estimate of drug-likeness (QED) is 0.834. The normalized spacial score (nSPS) is 39.3. The van der Waals surface area contributed by atoms with Crippen molar-refractivity contribution in [2.45, 2.75) is 76.0 Å². The van der Waals surface area contributed by atoms with Gasteiger partial charge < -0.3 is 14.8 Å². The molecule has 2 saturated heterocycles. The van der Waals surface area contributed by atoms with Crippen LogP contribution in [0.1, 0.15) is 58.3 Å². The van der Waals surface area contributed by atoms with Crippen LogP contribution in [-0.4, -0.2) is 37.5 Å². The Morgan fingerprint density at radius 2 is 1.84 bits per heavy atom. The molecule has 1 aliphatic carbocycles. The molecule has 1 N–H and O–H groups in total. The van der Waals surface area contributed by atoms with Gasteiger partial charge in [0.05, 0.1) is 5.60 Å². The summed E-state index contributed by atoms with van der Waals surface area (Å²) in [5.41, 5.74) is 0.133. The fourth-order valence-corrected chi connectivity index (χ4v) is 4.18. The van der Waals surface area contributed by atoms with E-state index >= 15 is 0 Å². The number of rotatable bonds is 2. The minimum absolute atomic E-state index is 0.133. The molecule has 0 aromatic rings. The van der Waals surface area contributed by atoms with E-state index in [4.69, 9.17) is 9.47 Å². The summed E-state index contributed by atoms with van der Waals surface area (Å²) in [5, 5.41) is 3.94. The van der Waals surface area contributed by atoms with Crippen molar-refractivity contribution in [1.29, 1.82) is 0 Å². The fraction of sp³-hybridized carbons (Fsp3) is 1.00. The highest BCUT2D eigenvalue weighted by molar-refractivity contribution is 4.93. The van der Waals surface area contributed by atoms with Crippen molar-refractivity contribution in [3.05, 3.63) is 0 Å². The third-order valence-electron chi connectivity index (χ3n) is 5.30. The molecule has 110 valence electrons. The third-order valence-corrected chi connectivity index (χ3v) is 5.30. The van der Waals surface area contributed by atoms with E-state index in [9.17, 15) is 0 Å². The SMILES string of the molecule is CC1CCCC(NC2CCOC3(CCOCC3)C2)C1. The molecular weight excluding hydrogens is 238 g/mol. The first kappa shape index (κ1) is 13.8. The molecule has 1 spiro atoms. The van der Waals surface area contributed by atoms with Gasteiger partial charge in [0.2, 0.25) is 0 Å². The molecule has 3 nitrogen and oxygen atoms in total. The maximum Gasteiger partial charge on any atom is 0.0741 e. The predicted octanol–water partition coefficient (Wildman–Crippen LogP) is 2.88. The summed E-state index contributed by atoms with van der Waals surface area (Å²) in [6.07, 6.45) is 10.1. The van der Waals surface area contributed by atoms with E-state index in [-0.39, 0.29) is 5.60 Å². The Kier molecular flexibility index (Phi) is 4.45. The average Bonchev–Trinajstić information content (AvgIpc) is 2.40. The highest BCUT2D eigenvalue weighted by Gasteiger charge is 2.39. The molecule has 19 heavy (non-hydrogen) atoms. The van der Waals surface area contributed by atoms with Crippen LogP contribution in [0.25, 0.3) is 0 Å². The van der Waals surface area contributed by atoms with Gasteiger partial charge >= 0.3 is 0 Å². The lowest BCUT2D eigenvalue weighted by Crippen LogP contribution is -2.52. The van der Waals surface area contributed by atoms with Gasteiger partial charge in [0.1, 0.15) is 0 Å². The molecule has 1 saturated carbocycles. The van der Waals surface area contributed by atoms with Gasteiger partial charge in [-0.2, -0.15) is 0 Å². The second-order valence-electron chi connectivity index (χ2n) is 6.97. The van der Waals surface area contributed by atoms with E-state index in [1.807, 2.05) is 0 Å². The predicted molar refractivity (Wildman–Crippen MR) is 76.3 cm³/mol. The van der Waals surface area contributed by atoms with Gasteiger partial charge in [-0.25, -0.2) is 0 Å². The standard InChI is InChI=1S/C16H29NO2/c1-13-3-2-4-14(11-13)17-15-5-8-19-16(12-15)6-9-18-10-7-16/h13-15,17H,2-12H2,1H3. The first-order valence-electron chi connectivity index (χ1n) is 8.24. The van der Waals surface area contributed by atoms with Crippen molar-refractivity contribution in [2.75, 3.05) is 19.8 Å². The molecule has 2 heterocycles. The summed E-state index contributed by atoms with van der Waals surface area (Å²) in [4.78, 5) is 0. The first-order chi connectivity index (χ1) is 9.26. The summed E-state index contributed by atoms with van der Waals surface area (Å²) in [7, 11) is 0. The zero-order valence-electron chi connectivity index (χ0n) is 12.3. The van der Waals surface area contributed by atoms with E-state index in [0.29, 0.717) is 6.04 Å². The smallest absolute Gasteiger partial charge is 0.0741 e. The number of hydrogen-bond donors (Lipinski definition) is 1. The van der Waals surface area contributed by atoms with Crippen LogP contribution in [0.5, 0.6) is 0 Å². The van der Waals surface area contributed by atoms with E-state index in [1.54, 1.807) is 0 Å². The van der Waals surface area contributed by atoms with Gasteiger partial charge in [-0.3, -0.25) is 0 Å². The zero-order chi connectivity index (χ0) is 13.1. The van der Waals surface area contributed by atoms with E-state index in [1.165, 1.54) is 38.5 Å². The van der Waals surface area contributed by atoms with Crippen molar-refractivity contribution < 1.29 is 9.47 Å². The molecule has 3 rings (SSSR count). The molecule has 0 radical (unpaired) electrons. The molecule has 0 amide bonds. The van der Waals surface area contributed by atoms with E-state index < -0.39 is 0 Å². The second-order valence-corrected chi connectivity index (χ2v) is 6.97. The number of nitrogens with one attached hydrogen (secondary N) is 1. The topological polar surface area (TPSA) is 30.5 Å². The summed E-state index contributed by atoms with van der Waals surface area (Å²) in [6.45, 7) is 5.10. The lowest BCUT2D eigenvalue weighted by atomic mass is 9.82. The Bertz CT molecular complexity index is 283. The molecule has 0 aromatic heterocycles. The monoisotopic (exact) mass is 267 g/mol. The highest BCUT2D eigenvalue weighted by atomic mass is 16.5. The van der Waals surface area contributed by atoms with Gasteiger partial charge in [-0.15, -0.1) is 0 Å². The maximum absolute atomic E-state index is 6.13. The molecule has 0 aromatic carbocycles. The van der Waals surface area contributed by atoms with Crippen LogP contribution in [0.2, 0.25) is 0 Å². The summed E-state index contributed by atoms with van der Waals surface area (Å²) in [5.74, 6) is 0.906. The van der Waals surface area contributed by atoms with Crippen molar-refractivity contribution >= 4 is 0 Å². The van der Waals surface area contributed by atoms with Crippen LogP contribution in [0.15, 0.2) is 0 Å². The molecule has 3 atom stereocenters. The average molecular weight is 267 g/mol. The maximum atomic E-state index is 6.13. The Morgan fingerprint density at radius 1 is 1.00 bits per heavy atom. The minimum atomic E-state index is 0.133. The van der Waals surface area contributed by atoms with E-state index in [0.717, 1.165) is 44.6 Å². The van der Waals surface area contributed by atoms with Crippen LogP contribution >= 0.6 is 0 Å². The summed E-state index contributed by atoms with van der Waals surface area (Å²) >= 11 is 0. The van der Waals surface area contributed by atoms with Gasteiger partial charge in [-0.1, -0.05) is 19.8 Å². The van der Waals surface area contributed by atoms with Crippen molar-refractivity contribution in [3.63, 3.8) is 0 Å². The van der Waals surface area contributed by atoms with Crippen LogP contribution in [0.4, 0.5) is 0 Å². The number of hydrogen-bond acceptors (Lipinski definition) is 3. The summed E-state index contributed by atoms with van der Waals surface area (Å²) in [6, 6.07) is 1.42. The lowest BCUT2D eigenvalue weighted by Gasteiger charge is -2.44. The molecule has 3 fully saturated rings. The Balaban J connectivity index is 1.53. The highest BCUT2D eigenvalue weighted by Crippen LogP contribution is 2.35. The fourth-order valence-electron chi connectivity index (χ4n) is 4.18. The third kappa shape index (κ3) is 3.50. The first-order valence-corrected chi connectivity index (χ1v) is 8.24. The van der Waals surface area contributed by atoms with Gasteiger partial charge in [-0.05, 0) is 44.4 Å². The van der Waals surface area contributed by atoms with Crippen molar-refractivity contribution in [3.8, 4) is 0 Å². The van der Waals surface area contributed by atoms with Gasteiger partial charge in [0, 0.05) is 31.9 Å². The molecule has 2 aliphatic heterocycles. The Hall–Kier alpha value is -0.120. The van der Waals surface area contributed by atoms with Crippen molar-refractivity contribution in [1.82, 2.24) is 5.32 Å². The number of ether oxygens (including phenoxy) is 2. The van der Waals surface area contributed by atoms with Crippen LogP contribution < -0.4 is 5.32 Å². The second kappa shape index (κ2) is 6.11. The minimum Gasteiger partial charge on any atom is -0.381 e. The van der Waals surface area contributed by atoms with Crippen LogP contribution in [0, 0.1) is 5.92 Å². The largest absolute Gasteiger partial charge is 0.381 e. The van der Waals surface area contributed by atoms with E-state index in [2.05, 4.69) is 12.2 Å². The lowest BCUT2D eigenvalue weighted by molar-refractivity contribution is -0.141. The van der Waals surface area contributed by atoms with Gasteiger partial charge in [0.25, 0.3) is 0 Å². The molecule has 0 bridgehead atoms. The summed E-state index contributed by atoms with van der Waals surface area (Å²) < 4.78 is 11.6. The zero-order valence-corrected chi connectivity index (χ0v) is 12.3. The van der Waals surface area contributed by atoms with Crippen LogP contribution in [-0.2, 0) is 9.47 Å². The molecule has 3 unspecified atom stereocenters. The Morgan fingerprint density at radius 3 is 2.63 bits per heavy atom. The molecule has 3 aliphatic rings. The molecular formula is C16H29NO2.